The minimum absolute atomic E-state index is 0.658. The summed E-state index contributed by atoms with van der Waals surface area (Å²) in [4.78, 5) is 6.81. The van der Waals surface area contributed by atoms with E-state index in [1.54, 1.807) is 6.20 Å². The van der Waals surface area contributed by atoms with E-state index in [4.69, 9.17) is 15.6 Å². The molecule has 1 saturated heterocycles. The maximum Gasteiger partial charge on any atom is 0.130 e. The Kier molecular flexibility index (Phi) is 6.21. The third kappa shape index (κ3) is 5.15. The molecule has 0 unspecified atom stereocenters. The number of rotatable bonds is 7. The smallest absolute Gasteiger partial charge is 0.130 e. The lowest BCUT2D eigenvalue weighted by atomic mass is 10.1. The third-order valence-corrected chi connectivity index (χ3v) is 5.84. The van der Waals surface area contributed by atoms with Gasteiger partial charge in [0.2, 0.25) is 0 Å². The minimum Gasteiger partial charge on any atom is -0.384 e. The second-order valence-corrected chi connectivity index (χ2v) is 8.11. The molecule has 0 amide bonds. The zero-order valence-corrected chi connectivity index (χ0v) is 18.5. The van der Waals surface area contributed by atoms with Gasteiger partial charge in [-0.3, -0.25) is 0 Å². The average Bonchev–Trinajstić information content (AvgIpc) is 3.25. The molecule has 3 N–H and O–H groups in total. The van der Waals surface area contributed by atoms with E-state index in [-0.39, 0.29) is 0 Å². The molecule has 2 aromatic carbocycles. The number of pyridine rings is 1. The number of morpholine rings is 1. The maximum atomic E-state index is 6.24. The number of nitrogen functional groups attached to an aromatic ring is 1. The molecular weight excluding hydrogens is 412 g/mol. The van der Waals surface area contributed by atoms with Crippen molar-refractivity contribution in [3.05, 3.63) is 84.6 Å². The number of aryl methyl sites for hydroxylation is 2. The number of nitrogens with one attached hydrogen (secondary N) is 1. The summed E-state index contributed by atoms with van der Waals surface area (Å²) in [5.74, 6) is 1.43. The van der Waals surface area contributed by atoms with Crippen molar-refractivity contribution >= 4 is 23.0 Å². The first-order valence-corrected chi connectivity index (χ1v) is 11.3. The fourth-order valence-electron chi connectivity index (χ4n) is 4.01. The van der Waals surface area contributed by atoms with E-state index >= 15 is 0 Å². The number of ether oxygens (including phenoxy) is 1. The molecule has 168 valence electrons. The second-order valence-electron chi connectivity index (χ2n) is 8.11. The van der Waals surface area contributed by atoms with Crippen LogP contribution < -0.4 is 16.0 Å². The van der Waals surface area contributed by atoms with Crippen molar-refractivity contribution < 1.29 is 4.74 Å². The Morgan fingerprint density at radius 2 is 1.73 bits per heavy atom. The summed E-state index contributed by atoms with van der Waals surface area (Å²) < 4.78 is 7.30. The Morgan fingerprint density at radius 3 is 2.52 bits per heavy atom. The average molecular weight is 441 g/mol. The molecule has 1 aliphatic heterocycles. The standard InChI is InChI=1S/C26H28N6O/c27-25-19-24(30-32(25)13-11-20-4-2-1-3-5-20)21-10-12-28-26(18-21)29-22-6-8-23(9-7-22)31-14-16-33-17-15-31/h1-10,12,18-19H,11,13-17,27H2,(H,28,29). The third-order valence-electron chi connectivity index (χ3n) is 5.84. The Balaban J connectivity index is 1.26. The summed E-state index contributed by atoms with van der Waals surface area (Å²) >= 11 is 0. The van der Waals surface area contributed by atoms with Gasteiger partial charge in [-0.05, 0) is 48.4 Å². The van der Waals surface area contributed by atoms with Crippen LogP contribution in [0.5, 0.6) is 0 Å². The number of benzene rings is 2. The van der Waals surface area contributed by atoms with Crippen molar-refractivity contribution in [2.75, 3.05) is 42.3 Å². The molecule has 5 rings (SSSR count). The van der Waals surface area contributed by atoms with E-state index in [9.17, 15) is 0 Å². The summed E-state index contributed by atoms with van der Waals surface area (Å²) in [5, 5.41) is 8.12. The molecule has 2 aromatic heterocycles. The number of anilines is 4. The van der Waals surface area contributed by atoms with Gasteiger partial charge in [-0.25, -0.2) is 9.67 Å². The highest BCUT2D eigenvalue weighted by atomic mass is 16.5. The van der Waals surface area contributed by atoms with Crippen molar-refractivity contribution in [3.63, 3.8) is 0 Å². The van der Waals surface area contributed by atoms with E-state index in [1.165, 1.54) is 11.3 Å². The van der Waals surface area contributed by atoms with Crippen molar-refractivity contribution in [1.29, 1.82) is 0 Å². The molecule has 33 heavy (non-hydrogen) atoms. The molecule has 3 heterocycles. The van der Waals surface area contributed by atoms with Crippen molar-refractivity contribution in [3.8, 4) is 11.3 Å². The predicted octanol–water partition coefficient (Wildman–Crippen LogP) is 4.35. The summed E-state index contributed by atoms with van der Waals surface area (Å²) in [6.07, 6.45) is 2.68. The Hall–Kier alpha value is -3.84. The molecule has 0 bridgehead atoms. The van der Waals surface area contributed by atoms with Crippen molar-refractivity contribution in [2.45, 2.75) is 13.0 Å². The van der Waals surface area contributed by atoms with Gasteiger partial charge < -0.3 is 20.7 Å². The first-order valence-electron chi connectivity index (χ1n) is 11.3. The zero-order valence-electron chi connectivity index (χ0n) is 18.5. The lowest BCUT2D eigenvalue weighted by Crippen LogP contribution is -2.36. The molecule has 4 aromatic rings. The number of nitrogens with zero attached hydrogens (tertiary/aromatic N) is 4. The zero-order chi connectivity index (χ0) is 22.5. The summed E-state index contributed by atoms with van der Waals surface area (Å²) in [7, 11) is 0. The molecule has 0 saturated carbocycles. The molecule has 1 fully saturated rings. The van der Waals surface area contributed by atoms with Gasteiger partial charge in [-0.1, -0.05) is 30.3 Å². The molecule has 0 aliphatic carbocycles. The van der Waals surface area contributed by atoms with Crippen molar-refractivity contribution in [2.24, 2.45) is 0 Å². The molecule has 7 nitrogen and oxygen atoms in total. The largest absolute Gasteiger partial charge is 0.384 e. The van der Waals surface area contributed by atoms with Crippen LogP contribution >= 0.6 is 0 Å². The fraction of sp³-hybridized carbons (Fsp3) is 0.231. The topological polar surface area (TPSA) is 81.2 Å². The Bertz CT molecular complexity index is 1180. The van der Waals surface area contributed by atoms with E-state index in [2.05, 4.69) is 63.7 Å². The van der Waals surface area contributed by atoms with Crippen molar-refractivity contribution in [1.82, 2.24) is 14.8 Å². The Labute approximate surface area is 193 Å². The highest BCUT2D eigenvalue weighted by molar-refractivity contribution is 5.68. The monoisotopic (exact) mass is 440 g/mol. The number of aromatic nitrogens is 3. The van der Waals surface area contributed by atoms with Gasteiger partial charge in [0.25, 0.3) is 0 Å². The van der Waals surface area contributed by atoms with Gasteiger partial charge in [0, 0.05) is 48.8 Å². The van der Waals surface area contributed by atoms with Gasteiger partial charge in [0.05, 0.1) is 18.9 Å². The molecular formula is C26H28N6O. The number of hydrogen-bond donors (Lipinski definition) is 2. The van der Waals surface area contributed by atoms with Crippen LogP contribution in [0.2, 0.25) is 0 Å². The van der Waals surface area contributed by atoms with Crippen LogP contribution in [0.25, 0.3) is 11.3 Å². The normalized spacial score (nSPS) is 13.8. The van der Waals surface area contributed by atoms with Crippen LogP contribution in [0.1, 0.15) is 5.56 Å². The van der Waals surface area contributed by atoms with E-state index in [0.29, 0.717) is 5.82 Å². The predicted molar refractivity (Wildman–Crippen MR) is 133 cm³/mol. The maximum absolute atomic E-state index is 6.24. The first kappa shape index (κ1) is 21.0. The summed E-state index contributed by atoms with van der Waals surface area (Å²) in [5.41, 5.74) is 11.5. The van der Waals surface area contributed by atoms with E-state index in [1.807, 2.05) is 28.9 Å². The van der Waals surface area contributed by atoms with Crippen LogP contribution in [0.4, 0.5) is 23.0 Å². The van der Waals surface area contributed by atoms with Gasteiger partial charge in [0.15, 0.2) is 0 Å². The molecule has 1 aliphatic rings. The van der Waals surface area contributed by atoms with Gasteiger partial charge in [0.1, 0.15) is 11.6 Å². The summed E-state index contributed by atoms with van der Waals surface area (Å²) in [6.45, 7) is 4.16. The van der Waals surface area contributed by atoms with Crippen LogP contribution in [-0.2, 0) is 17.7 Å². The van der Waals surface area contributed by atoms with Crippen LogP contribution in [0.15, 0.2) is 79.0 Å². The Morgan fingerprint density at radius 1 is 0.939 bits per heavy atom. The molecule has 7 heteroatoms. The lowest BCUT2D eigenvalue weighted by molar-refractivity contribution is 0.122. The summed E-state index contributed by atoms with van der Waals surface area (Å²) in [6, 6.07) is 24.7. The molecule has 0 spiro atoms. The van der Waals surface area contributed by atoms with Gasteiger partial charge in [-0.2, -0.15) is 5.10 Å². The SMILES string of the molecule is Nc1cc(-c2ccnc(Nc3ccc(N4CCOCC4)cc3)c2)nn1CCc1ccccc1. The quantitative estimate of drug-likeness (QED) is 0.445. The molecule has 0 atom stereocenters. The highest BCUT2D eigenvalue weighted by Gasteiger charge is 2.12. The van der Waals surface area contributed by atoms with Crippen LogP contribution in [0.3, 0.4) is 0 Å². The lowest BCUT2D eigenvalue weighted by Gasteiger charge is -2.28. The number of nitrogens with two attached hydrogens (primary N) is 1. The second kappa shape index (κ2) is 9.75. The van der Waals surface area contributed by atoms with E-state index < -0.39 is 0 Å². The first-order chi connectivity index (χ1) is 16.2. The van der Waals surface area contributed by atoms with Gasteiger partial charge >= 0.3 is 0 Å². The van der Waals surface area contributed by atoms with Crippen LogP contribution in [0, 0.1) is 0 Å². The van der Waals surface area contributed by atoms with E-state index in [0.717, 1.165) is 62.0 Å². The highest BCUT2D eigenvalue weighted by Crippen LogP contribution is 2.25. The molecule has 0 radical (unpaired) electrons. The fourth-order valence-corrected chi connectivity index (χ4v) is 4.01. The van der Waals surface area contributed by atoms with Gasteiger partial charge in [-0.15, -0.1) is 0 Å². The van der Waals surface area contributed by atoms with Crippen LogP contribution in [-0.4, -0.2) is 41.1 Å². The minimum atomic E-state index is 0.658. The number of hydrogen-bond acceptors (Lipinski definition) is 6.